The third-order valence-electron chi connectivity index (χ3n) is 6.83. The van der Waals surface area contributed by atoms with E-state index in [-0.39, 0.29) is 16.7 Å². The molecular formula is C33H18AlCl3O6. The lowest BCUT2D eigenvalue weighted by molar-refractivity contribution is 0.0413. The summed E-state index contributed by atoms with van der Waals surface area (Å²) in [6.07, 6.45) is 0. The van der Waals surface area contributed by atoms with Gasteiger partial charge in [-0.25, -0.2) is 14.4 Å². The largest absolute Gasteiger partial charge is 1.20 e. The number of halogens is 3. The summed E-state index contributed by atoms with van der Waals surface area (Å²) in [7, 11) is 0. The average molecular weight is 644 g/mol. The van der Waals surface area contributed by atoms with Crippen molar-refractivity contribution in [1.29, 1.82) is 0 Å². The first-order chi connectivity index (χ1) is 20.8. The monoisotopic (exact) mass is 642 g/mol. The van der Waals surface area contributed by atoms with Crippen LogP contribution in [-0.4, -0.2) is 33.1 Å². The molecule has 0 spiro atoms. The Bertz CT molecular complexity index is 1830. The van der Waals surface area contributed by atoms with Crippen LogP contribution < -0.4 is 0 Å². The molecule has 0 aliphatic heterocycles. The molecule has 0 saturated heterocycles. The Morgan fingerprint density at radius 2 is 0.674 bits per heavy atom. The highest BCUT2D eigenvalue weighted by molar-refractivity contribution is 6.47. The summed E-state index contributed by atoms with van der Waals surface area (Å²) < 4.78 is 17.0. The van der Waals surface area contributed by atoms with Gasteiger partial charge in [0.15, 0.2) is 0 Å². The summed E-state index contributed by atoms with van der Waals surface area (Å²) in [6.45, 7) is 0. The van der Waals surface area contributed by atoms with E-state index in [9.17, 15) is 14.4 Å². The first kappa shape index (κ1) is 29.0. The Labute approximate surface area is 265 Å². The van der Waals surface area contributed by atoms with Crippen molar-refractivity contribution in [2.24, 2.45) is 0 Å². The standard InChI is InChI=1S/3C11H7ClO2.Al/c3*12-9-6-2-4-7-3-1-5-8(10(7)9)11(13)14;/h3*1-6H,(H,13,14);/q;;;+3/p-3. The lowest BCUT2D eigenvalue weighted by Crippen LogP contribution is -2.35. The van der Waals surface area contributed by atoms with Crippen LogP contribution in [0, 0.1) is 0 Å². The predicted octanol–water partition coefficient (Wildman–Crippen LogP) is 8.96. The molecule has 0 aromatic heterocycles. The fourth-order valence-corrected chi connectivity index (χ4v) is 6.82. The molecule has 0 aliphatic rings. The third-order valence-corrected chi connectivity index (χ3v) is 9.00. The van der Waals surface area contributed by atoms with Crippen molar-refractivity contribution < 1.29 is 25.7 Å². The van der Waals surface area contributed by atoms with Gasteiger partial charge in [-0.05, 0) is 52.6 Å². The normalized spacial score (nSPS) is 11.0. The SMILES string of the molecule is O=C([O][Al]([O]C(=O)c1cccc2cccc(Cl)c12)[O]C(=O)c1cccc2cccc(Cl)c12)c1cccc2cccc(Cl)c12. The molecule has 0 N–H and O–H groups in total. The van der Waals surface area contributed by atoms with Crippen LogP contribution in [0.4, 0.5) is 0 Å². The molecule has 43 heavy (non-hydrogen) atoms. The maximum absolute atomic E-state index is 13.5. The highest BCUT2D eigenvalue weighted by Gasteiger charge is 2.50. The minimum absolute atomic E-state index is 0.120. The number of carbonyl (C=O) groups excluding carboxylic acids is 3. The second kappa shape index (κ2) is 12.3. The first-order valence-electron chi connectivity index (χ1n) is 13.0. The molecule has 0 bridgehead atoms. The van der Waals surface area contributed by atoms with Crippen LogP contribution in [0.3, 0.4) is 0 Å². The summed E-state index contributed by atoms with van der Waals surface area (Å²) in [5, 5.41) is 4.42. The van der Waals surface area contributed by atoms with Crippen molar-refractivity contribution in [2.75, 3.05) is 0 Å². The molecule has 6 aromatic rings. The van der Waals surface area contributed by atoms with Crippen molar-refractivity contribution in [3.05, 3.63) is 141 Å². The quantitative estimate of drug-likeness (QED) is 0.169. The zero-order valence-electron chi connectivity index (χ0n) is 22.1. The zero-order chi connectivity index (χ0) is 30.1. The zero-order valence-corrected chi connectivity index (χ0v) is 25.5. The Hall–Kier alpha value is -4.09. The third kappa shape index (κ3) is 5.79. The van der Waals surface area contributed by atoms with Crippen LogP contribution in [0.5, 0.6) is 0 Å². The van der Waals surface area contributed by atoms with E-state index in [0.29, 0.717) is 47.4 Å². The van der Waals surface area contributed by atoms with Gasteiger partial charge in [0.05, 0.1) is 16.7 Å². The minimum Gasteiger partial charge on any atom is -0.547 e. The number of fused-ring (bicyclic) bond motifs is 3. The maximum atomic E-state index is 13.5. The van der Waals surface area contributed by atoms with E-state index < -0.39 is 33.1 Å². The molecule has 0 unspecified atom stereocenters. The second-order valence-corrected chi connectivity index (χ2v) is 11.9. The smallest absolute Gasteiger partial charge is 0.547 e. The predicted molar refractivity (Wildman–Crippen MR) is 169 cm³/mol. The maximum Gasteiger partial charge on any atom is 1.20 e. The van der Waals surface area contributed by atoms with Crippen molar-refractivity contribution in [3.63, 3.8) is 0 Å². The molecule has 6 aromatic carbocycles. The van der Waals surface area contributed by atoms with E-state index in [1.807, 2.05) is 0 Å². The van der Waals surface area contributed by atoms with E-state index in [4.69, 9.17) is 46.2 Å². The van der Waals surface area contributed by atoms with Gasteiger partial charge >= 0.3 is 33.1 Å². The van der Waals surface area contributed by atoms with E-state index >= 15 is 0 Å². The van der Waals surface area contributed by atoms with Gasteiger partial charge in [0.2, 0.25) is 0 Å². The van der Waals surface area contributed by atoms with Gasteiger partial charge in [-0.15, -0.1) is 0 Å². The Morgan fingerprint density at radius 3 is 0.953 bits per heavy atom. The van der Waals surface area contributed by atoms with Gasteiger partial charge in [-0.1, -0.05) is 108 Å². The summed E-state index contributed by atoms with van der Waals surface area (Å²) in [6, 6.07) is 30.5. The molecule has 0 atom stereocenters. The van der Waals surface area contributed by atoms with Crippen LogP contribution in [0.2, 0.25) is 15.1 Å². The van der Waals surface area contributed by atoms with Crippen LogP contribution in [0.1, 0.15) is 31.1 Å². The highest BCUT2D eigenvalue weighted by atomic mass is 35.5. The average Bonchev–Trinajstić information content (AvgIpc) is 3.00. The molecule has 0 heterocycles. The molecule has 6 nitrogen and oxygen atoms in total. The number of hydrogen-bond donors (Lipinski definition) is 0. The van der Waals surface area contributed by atoms with Gasteiger partial charge in [0.25, 0.3) is 0 Å². The summed E-state index contributed by atoms with van der Waals surface area (Å²) in [5.74, 6) is -2.62. The number of benzene rings is 6. The molecule has 0 fully saturated rings. The van der Waals surface area contributed by atoms with E-state index in [1.165, 1.54) is 18.2 Å². The van der Waals surface area contributed by atoms with Gasteiger partial charge < -0.3 is 11.4 Å². The van der Waals surface area contributed by atoms with E-state index in [0.717, 1.165) is 0 Å². The van der Waals surface area contributed by atoms with Crippen molar-refractivity contribution >= 4 is 100 Å². The Kier molecular flexibility index (Phi) is 8.27. The lowest BCUT2D eigenvalue weighted by atomic mass is 10.0. The van der Waals surface area contributed by atoms with Gasteiger partial charge in [-0.3, -0.25) is 0 Å². The second-order valence-electron chi connectivity index (χ2n) is 9.44. The van der Waals surface area contributed by atoms with E-state index in [2.05, 4.69) is 0 Å². The molecule has 0 amide bonds. The molecule has 6 rings (SSSR count). The Balaban J connectivity index is 1.37. The highest BCUT2D eigenvalue weighted by Crippen LogP contribution is 2.31. The number of carbonyl (C=O) groups is 3. The molecule has 210 valence electrons. The molecule has 10 heteroatoms. The van der Waals surface area contributed by atoms with Crippen molar-refractivity contribution in [1.82, 2.24) is 0 Å². The fourth-order valence-electron chi connectivity index (χ4n) is 4.92. The van der Waals surface area contributed by atoms with Crippen LogP contribution in [0.15, 0.2) is 109 Å². The summed E-state index contributed by atoms with van der Waals surface area (Å²) in [5.41, 5.74) is 0.359. The summed E-state index contributed by atoms with van der Waals surface area (Å²) >= 11 is 15.4. The van der Waals surface area contributed by atoms with Crippen LogP contribution in [-0.2, 0) is 11.4 Å². The molecule has 0 saturated carbocycles. The lowest BCUT2D eigenvalue weighted by Gasteiger charge is -2.16. The first-order valence-corrected chi connectivity index (χ1v) is 15.5. The van der Waals surface area contributed by atoms with E-state index in [1.54, 1.807) is 91.0 Å². The molecule has 0 aliphatic carbocycles. The van der Waals surface area contributed by atoms with Gasteiger partial charge in [0, 0.05) is 31.2 Å². The van der Waals surface area contributed by atoms with Crippen LogP contribution >= 0.6 is 34.8 Å². The van der Waals surface area contributed by atoms with Gasteiger partial charge in [0.1, 0.15) is 0 Å². The fraction of sp³-hybridized carbons (Fsp3) is 0. The molecule has 0 radical (unpaired) electrons. The van der Waals surface area contributed by atoms with Crippen LogP contribution in [0.25, 0.3) is 32.3 Å². The Morgan fingerprint density at radius 1 is 0.419 bits per heavy atom. The minimum atomic E-state index is -3.88. The van der Waals surface area contributed by atoms with Crippen molar-refractivity contribution in [2.45, 2.75) is 0 Å². The van der Waals surface area contributed by atoms with Gasteiger partial charge in [-0.2, -0.15) is 0 Å². The topological polar surface area (TPSA) is 78.9 Å². The molecular weight excluding hydrogens is 626 g/mol. The summed E-state index contributed by atoms with van der Waals surface area (Å²) in [4.78, 5) is 40.6. The number of rotatable bonds is 6. The van der Waals surface area contributed by atoms with Crippen molar-refractivity contribution in [3.8, 4) is 0 Å². The number of hydrogen-bond acceptors (Lipinski definition) is 6.